The summed E-state index contributed by atoms with van der Waals surface area (Å²) in [5.74, 6) is 1.46. The van der Waals surface area contributed by atoms with Crippen LogP contribution in [0.15, 0.2) is 65.1 Å². The Bertz CT molecular complexity index is 1230. The van der Waals surface area contributed by atoms with E-state index in [1.807, 2.05) is 24.3 Å². The molecule has 0 amide bonds. The standard InChI is InChI=1S/C26H25BrN2O2/c1-16-8-9-22-19(12-16)18-10-11-28-25(26(18)29-22)20-13-23(30-2)24(14-21(20)27)31-15-17-6-4-3-5-7-17/h3-9,12-14,25,28-29H,10-11,15H2,1-2H3. The fourth-order valence-corrected chi connectivity index (χ4v) is 4.94. The van der Waals surface area contributed by atoms with Gasteiger partial charge >= 0.3 is 0 Å². The van der Waals surface area contributed by atoms with E-state index in [9.17, 15) is 0 Å². The van der Waals surface area contributed by atoms with Crippen LogP contribution in [0.3, 0.4) is 0 Å². The summed E-state index contributed by atoms with van der Waals surface area (Å²) in [6.45, 7) is 3.57. The number of benzene rings is 3. The van der Waals surface area contributed by atoms with E-state index >= 15 is 0 Å². The summed E-state index contributed by atoms with van der Waals surface area (Å²) >= 11 is 3.79. The zero-order valence-electron chi connectivity index (χ0n) is 17.7. The Hall–Kier alpha value is -2.76. The van der Waals surface area contributed by atoms with Crippen LogP contribution in [0, 0.1) is 6.92 Å². The summed E-state index contributed by atoms with van der Waals surface area (Å²) in [4.78, 5) is 3.66. The van der Waals surface area contributed by atoms with E-state index in [1.165, 1.54) is 27.7 Å². The van der Waals surface area contributed by atoms with E-state index in [4.69, 9.17) is 9.47 Å². The van der Waals surface area contributed by atoms with Crippen LogP contribution in [-0.4, -0.2) is 18.6 Å². The molecule has 1 aliphatic heterocycles. The van der Waals surface area contributed by atoms with Gasteiger partial charge in [0.1, 0.15) is 6.61 Å². The van der Waals surface area contributed by atoms with Crippen molar-refractivity contribution in [3.63, 3.8) is 0 Å². The predicted molar refractivity (Wildman–Crippen MR) is 128 cm³/mol. The van der Waals surface area contributed by atoms with Crippen LogP contribution < -0.4 is 14.8 Å². The molecule has 2 N–H and O–H groups in total. The molecule has 0 aliphatic carbocycles. The third-order valence-corrected chi connectivity index (χ3v) is 6.62. The van der Waals surface area contributed by atoms with E-state index in [-0.39, 0.29) is 6.04 Å². The highest BCUT2D eigenvalue weighted by molar-refractivity contribution is 9.10. The highest BCUT2D eigenvalue weighted by Gasteiger charge is 2.28. The van der Waals surface area contributed by atoms with Crippen LogP contribution in [0.1, 0.15) is 34.0 Å². The maximum Gasteiger partial charge on any atom is 0.162 e. The molecule has 1 aliphatic rings. The minimum absolute atomic E-state index is 0.0582. The number of ether oxygens (including phenoxy) is 2. The molecule has 0 saturated carbocycles. The molecule has 3 aromatic carbocycles. The number of nitrogens with one attached hydrogen (secondary N) is 2. The van der Waals surface area contributed by atoms with Crippen LogP contribution in [0.25, 0.3) is 10.9 Å². The lowest BCUT2D eigenvalue weighted by molar-refractivity contribution is 0.284. The molecule has 31 heavy (non-hydrogen) atoms. The zero-order chi connectivity index (χ0) is 21.4. The molecule has 5 rings (SSSR count). The molecular weight excluding hydrogens is 452 g/mol. The number of aryl methyl sites for hydroxylation is 1. The van der Waals surface area contributed by atoms with Crippen molar-refractivity contribution in [3.8, 4) is 11.5 Å². The second-order valence-corrected chi connectivity index (χ2v) is 8.86. The Morgan fingerprint density at radius 2 is 1.87 bits per heavy atom. The Balaban J connectivity index is 1.50. The molecule has 0 spiro atoms. The Labute approximate surface area is 190 Å². The molecule has 0 fully saturated rings. The van der Waals surface area contributed by atoms with Crippen LogP contribution in [-0.2, 0) is 13.0 Å². The lowest BCUT2D eigenvalue weighted by Crippen LogP contribution is -2.30. The zero-order valence-corrected chi connectivity index (χ0v) is 19.3. The number of fused-ring (bicyclic) bond motifs is 3. The van der Waals surface area contributed by atoms with Crippen LogP contribution in [0.5, 0.6) is 11.5 Å². The molecule has 1 unspecified atom stereocenters. The summed E-state index contributed by atoms with van der Waals surface area (Å²) in [6, 6.07) is 20.9. The fourth-order valence-electron chi connectivity index (χ4n) is 4.39. The summed E-state index contributed by atoms with van der Waals surface area (Å²) in [6.07, 6.45) is 1.02. The minimum Gasteiger partial charge on any atom is -0.493 e. The van der Waals surface area contributed by atoms with Crippen LogP contribution in [0.2, 0.25) is 0 Å². The molecule has 0 radical (unpaired) electrons. The van der Waals surface area contributed by atoms with Crippen molar-refractivity contribution in [1.29, 1.82) is 0 Å². The molecule has 158 valence electrons. The molecule has 4 nitrogen and oxygen atoms in total. The van der Waals surface area contributed by atoms with Gasteiger partial charge in [0, 0.05) is 27.6 Å². The molecule has 1 aromatic heterocycles. The maximum atomic E-state index is 6.08. The molecule has 2 heterocycles. The molecule has 0 bridgehead atoms. The summed E-state index contributed by atoms with van der Waals surface area (Å²) in [5.41, 5.74) is 7.36. The number of halogens is 1. The third-order valence-electron chi connectivity index (χ3n) is 5.94. The topological polar surface area (TPSA) is 46.3 Å². The number of hydrogen-bond acceptors (Lipinski definition) is 3. The largest absolute Gasteiger partial charge is 0.493 e. The highest BCUT2D eigenvalue weighted by atomic mass is 79.9. The van der Waals surface area contributed by atoms with Crippen molar-refractivity contribution < 1.29 is 9.47 Å². The molecule has 4 aromatic rings. The lowest BCUT2D eigenvalue weighted by Gasteiger charge is -2.26. The van der Waals surface area contributed by atoms with E-state index in [2.05, 4.69) is 69.6 Å². The van der Waals surface area contributed by atoms with Gasteiger partial charge in [-0.3, -0.25) is 0 Å². The van der Waals surface area contributed by atoms with Crippen molar-refractivity contribution in [2.24, 2.45) is 0 Å². The first-order valence-corrected chi connectivity index (χ1v) is 11.3. The van der Waals surface area contributed by atoms with Crippen molar-refractivity contribution in [2.45, 2.75) is 26.0 Å². The van der Waals surface area contributed by atoms with Crippen molar-refractivity contribution in [2.75, 3.05) is 13.7 Å². The molecule has 5 heteroatoms. The maximum absolute atomic E-state index is 6.08. The van der Waals surface area contributed by atoms with Gasteiger partial charge in [-0.25, -0.2) is 0 Å². The van der Waals surface area contributed by atoms with Gasteiger partial charge in [0.25, 0.3) is 0 Å². The van der Waals surface area contributed by atoms with Crippen LogP contribution >= 0.6 is 15.9 Å². The Kier molecular flexibility index (Phi) is 5.47. The number of hydrogen-bond donors (Lipinski definition) is 2. The first kappa shape index (κ1) is 20.2. The van der Waals surface area contributed by atoms with Gasteiger partial charge in [0.2, 0.25) is 0 Å². The first-order chi connectivity index (χ1) is 15.1. The van der Waals surface area contributed by atoms with Gasteiger partial charge in [-0.1, -0.05) is 57.9 Å². The van der Waals surface area contributed by atoms with Gasteiger partial charge in [0.15, 0.2) is 11.5 Å². The van der Waals surface area contributed by atoms with Gasteiger partial charge in [0.05, 0.1) is 13.2 Å². The predicted octanol–water partition coefficient (Wildman–Crippen LogP) is 6.06. The second kappa shape index (κ2) is 8.40. The Morgan fingerprint density at radius 1 is 1.03 bits per heavy atom. The van der Waals surface area contributed by atoms with Gasteiger partial charge in [-0.15, -0.1) is 0 Å². The van der Waals surface area contributed by atoms with E-state index in [0.29, 0.717) is 6.61 Å². The summed E-state index contributed by atoms with van der Waals surface area (Å²) in [7, 11) is 1.69. The fraction of sp³-hybridized carbons (Fsp3) is 0.231. The average molecular weight is 477 g/mol. The second-order valence-electron chi connectivity index (χ2n) is 8.00. The number of aromatic amines is 1. The lowest BCUT2D eigenvalue weighted by atomic mass is 9.94. The number of H-pyrrole nitrogens is 1. The number of rotatable bonds is 5. The average Bonchev–Trinajstić information content (AvgIpc) is 3.16. The molecule has 1 atom stereocenters. The highest BCUT2D eigenvalue weighted by Crippen LogP contribution is 2.41. The monoisotopic (exact) mass is 476 g/mol. The minimum atomic E-state index is 0.0582. The van der Waals surface area contributed by atoms with Crippen LogP contribution in [0.4, 0.5) is 0 Å². The van der Waals surface area contributed by atoms with E-state index < -0.39 is 0 Å². The normalized spacial score (nSPS) is 15.6. The Morgan fingerprint density at radius 3 is 2.68 bits per heavy atom. The van der Waals surface area contributed by atoms with Crippen molar-refractivity contribution in [3.05, 3.63) is 93.1 Å². The smallest absolute Gasteiger partial charge is 0.162 e. The van der Waals surface area contributed by atoms with Gasteiger partial charge in [-0.05, 0) is 54.3 Å². The number of aromatic nitrogens is 1. The number of methoxy groups -OCH3 is 1. The quantitative estimate of drug-likeness (QED) is 0.367. The van der Waals surface area contributed by atoms with E-state index in [1.54, 1.807) is 7.11 Å². The van der Waals surface area contributed by atoms with Gasteiger partial charge < -0.3 is 19.8 Å². The molecule has 0 saturated heterocycles. The van der Waals surface area contributed by atoms with Gasteiger partial charge in [-0.2, -0.15) is 0 Å². The van der Waals surface area contributed by atoms with Crippen molar-refractivity contribution >= 4 is 26.8 Å². The molecular formula is C26H25BrN2O2. The van der Waals surface area contributed by atoms with E-state index in [0.717, 1.165) is 40.1 Å². The first-order valence-electron chi connectivity index (χ1n) is 10.5. The summed E-state index contributed by atoms with van der Waals surface area (Å²) < 4.78 is 12.8. The summed E-state index contributed by atoms with van der Waals surface area (Å²) in [5, 5.41) is 5.01. The van der Waals surface area contributed by atoms with Crippen molar-refractivity contribution in [1.82, 2.24) is 10.3 Å². The SMILES string of the molecule is COc1cc(C2NCCc3c2[nH]c2ccc(C)cc32)c(Br)cc1OCc1ccccc1. The third kappa shape index (κ3) is 3.84.